The Morgan fingerprint density at radius 1 is 1.40 bits per heavy atom. The van der Waals surface area contributed by atoms with Crippen LogP contribution in [0.1, 0.15) is 43.0 Å². The summed E-state index contributed by atoms with van der Waals surface area (Å²) in [6.07, 6.45) is 5.30. The highest BCUT2D eigenvalue weighted by Gasteiger charge is 2.42. The first-order valence-electron chi connectivity index (χ1n) is 7.41. The summed E-state index contributed by atoms with van der Waals surface area (Å²) in [4.78, 5) is 12.4. The van der Waals surface area contributed by atoms with Gasteiger partial charge in [0, 0.05) is 11.7 Å². The minimum absolute atomic E-state index is 0.150. The van der Waals surface area contributed by atoms with Crippen LogP contribution in [-0.4, -0.2) is 11.9 Å². The van der Waals surface area contributed by atoms with Crippen LogP contribution in [0.2, 0.25) is 5.02 Å². The van der Waals surface area contributed by atoms with Gasteiger partial charge in [0.25, 0.3) is 5.91 Å². The van der Waals surface area contributed by atoms with Crippen molar-refractivity contribution in [1.29, 1.82) is 0 Å². The van der Waals surface area contributed by atoms with Gasteiger partial charge in [-0.25, -0.2) is 0 Å². The van der Waals surface area contributed by atoms with Crippen molar-refractivity contribution in [1.82, 2.24) is 5.32 Å². The van der Waals surface area contributed by atoms with E-state index in [0.29, 0.717) is 22.2 Å². The Morgan fingerprint density at radius 2 is 2.20 bits per heavy atom. The average Bonchev–Trinajstić information content (AvgIpc) is 3.00. The Morgan fingerprint density at radius 3 is 2.80 bits per heavy atom. The van der Waals surface area contributed by atoms with Gasteiger partial charge in [-0.3, -0.25) is 4.79 Å². The van der Waals surface area contributed by atoms with Gasteiger partial charge in [0.15, 0.2) is 0 Å². The molecule has 20 heavy (non-hydrogen) atoms. The zero-order valence-electron chi connectivity index (χ0n) is 11.7. The average molecular weight is 293 g/mol. The van der Waals surface area contributed by atoms with Gasteiger partial charge in [-0.1, -0.05) is 24.1 Å². The molecule has 0 radical (unpaired) electrons. The van der Waals surface area contributed by atoms with Crippen LogP contribution < -0.4 is 11.1 Å². The summed E-state index contributed by atoms with van der Waals surface area (Å²) < 4.78 is 0. The normalized spacial score (nSPS) is 29.4. The van der Waals surface area contributed by atoms with Crippen molar-refractivity contribution in [2.75, 3.05) is 5.73 Å². The van der Waals surface area contributed by atoms with Gasteiger partial charge in [-0.15, -0.1) is 0 Å². The van der Waals surface area contributed by atoms with Crippen LogP contribution in [0.5, 0.6) is 0 Å². The molecule has 4 unspecified atom stereocenters. The van der Waals surface area contributed by atoms with Crippen LogP contribution in [0.15, 0.2) is 18.2 Å². The van der Waals surface area contributed by atoms with Crippen molar-refractivity contribution >= 4 is 23.2 Å². The van der Waals surface area contributed by atoms with E-state index in [0.717, 1.165) is 11.8 Å². The summed E-state index contributed by atoms with van der Waals surface area (Å²) in [6.45, 7) is 2.11. The quantitative estimate of drug-likeness (QED) is 0.838. The van der Waals surface area contributed by atoms with Crippen LogP contribution in [-0.2, 0) is 0 Å². The molecule has 0 aromatic heterocycles. The highest BCUT2D eigenvalue weighted by molar-refractivity contribution is 6.34. The molecule has 0 spiro atoms. The number of benzene rings is 1. The highest BCUT2D eigenvalue weighted by atomic mass is 35.5. The summed E-state index contributed by atoms with van der Waals surface area (Å²) in [5.41, 5.74) is 6.71. The van der Waals surface area contributed by atoms with Gasteiger partial charge >= 0.3 is 0 Å². The van der Waals surface area contributed by atoms with Crippen molar-refractivity contribution in [3.8, 4) is 0 Å². The van der Waals surface area contributed by atoms with Crippen molar-refractivity contribution in [2.45, 2.75) is 38.6 Å². The monoisotopic (exact) mass is 292 g/mol. The van der Waals surface area contributed by atoms with Gasteiger partial charge < -0.3 is 11.1 Å². The second-order valence-corrected chi connectivity index (χ2v) is 6.71. The van der Waals surface area contributed by atoms with Gasteiger partial charge in [0.05, 0.1) is 10.6 Å². The number of hydrogen-bond donors (Lipinski definition) is 2. The fraction of sp³-hybridized carbons (Fsp3) is 0.562. The number of nitrogen functional groups attached to an aromatic ring is 1. The molecule has 108 valence electrons. The molecule has 1 aromatic carbocycles. The van der Waals surface area contributed by atoms with E-state index in [2.05, 4.69) is 12.2 Å². The van der Waals surface area contributed by atoms with Gasteiger partial charge in [-0.05, 0) is 56.1 Å². The van der Waals surface area contributed by atoms with E-state index in [1.165, 1.54) is 25.7 Å². The fourth-order valence-electron chi connectivity index (χ4n) is 4.07. The van der Waals surface area contributed by atoms with Crippen molar-refractivity contribution in [3.05, 3.63) is 28.8 Å². The first-order chi connectivity index (χ1) is 9.56. The number of halogens is 1. The number of amides is 1. The Balaban J connectivity index is 1.70. The molecule has 3 nitrogen and oxygen atoms in total. The maximum absolute atomic E-state index is 12.4. The molecular weight excluding hydrogens is 272 g/mol. The van der Waals surface area contributed by atoms with E-state index < -0.39 is 0 Å². The fourth-order valence-corrected chi connectivity index (χ4v) is 4.34. The van der Waals surface area contributed by atoms with E-state index in [1.54, 1.807) is 18.2 Å². The van der Waals surface area contributed by atoms with Crippen LogP contribution in [0.25, 0.3) is 0 Å². The second-order valence-electron chi connectivity index (χ2n) is 6.30. The van der Waals surface area contributed by atoms with Crippen LogP contribution in [0.4, 0.5) is 5.69 Å². The van der Waals surface area contributed by atoms with Crippen molar-refractivity contribution < 1.29 is 4.79 Å². The number of nitrogens with two attached hydrogens (primary N) is 1. The van der Waals surface area contributed by atoms with Crippen LogP contribution in [0, 0.1) is 17.8 Å². The summed E-state index contributed by atoms with van der Waals surface area (Å²) in [5.74, 6) is 2.14. The minimum atomic E-state index is -0.150. The molecule has 0 saturated heterocycles. The number of carbonyl (C=O) groups is 1. The zero-order valence-corrected chi connectivity index (χ0v) is 12.5. The largest absolute Gasteiger partial charge is 0.398 e. The third-order valence-electron chi connectivity index (χ3n) is 5.07. The van der Waals surface area contributed by atoms with E-state index >= 15 is 0 Å². The Bertz CT molecular complexity index is 511. The maximum atomic E-state index is 12.4. The van der Waals surface area contributed by atoms with Crippen molar-refractivity contribution in [3.63, 3.8) is 0 Å². The lowest BCUT2D eigenvalue weighted by Crippen LogP contribution is -2.40. The van der Waals surface area contributed by atoms with E-state index in [9.17, 15) is 4.79 Å². The van der Waals surface area contributed by atoms with Crippen LogP contribution in [0.3, 0.4) is 0 Å². The number of nitrogens with one attached hydrogen (secondary N) is 1. The van der Waals surface area contributed by atoms with E-state index in [-0.39, 0.29) is 11.9 Å². The highest BCUT2D eigenvalue weighted by Crippen LogP contribution is 2.49. The standard InChI is InChI=1S/C16H21ClN2O/c1-9(12-8-10-5-6-11(12)7-10)19-16(20)15-13(17)3-2-4-14(15)18/h2-4,9-12H,5-8,18H2,1H3,(H,19,20). The third kappa shape index (κ3) is 2.39. The molecular formula is C16H21ClN2O. The lowest BCUT2D eigenvalue weighted by molar-refractivity contribution is 0.0916. The lowest BCUT2D eigenvalue weighted by atomic mass is 9.84. The molecule has 2 aliphatic rings. The molecule has 2 aliphatic carbocycles. The molecule has 3 N–H and O–H groups in total. The topological polar surface area (TPSA) is 55.1 Å². The Kier molecular flexibility index (Phi) is 3.63. The molecule has 1 amide bonds. The molecule has 2 bridgehead atoms. The zero-order chi connectivity index (χ0) is 14.3. The number of fused-ring (bicyclic) bond motifs is 2. The lowest BCUT2D eigenvalue weighted by Gasteiger charge is -2.28. The summed E-state index contributed by atoms with van der Waals surface area (Å²) in [6, 6.07) is 5.36. The molecule has 4 atom stereocenters. The van der Waals surface area contributed by atoms with Gasteiger partial charge in [0.1, 0.15) is 0 Å². The molecule has 0 aliphatic heterocycles. The molecule has 4 heteroatoms. The second kappa shape index (κ2) is 5.28. The van der Waals surface area contributed by atoms with Gasteiger partial charge in [-0.2, -0.15) is 0 Å². The summed E-state index contributed by atoms with van der Waals surface area (Å²) in [7, 11) is 0. The third-order valence-corrected chi connectivity index (χ3v) is 5.38. The van der Waals surface area contributed by atoms with Crippen molar-refractivity contribution in [2.24, 2.45) is 17.8 Å². The van der Waals surface area contributed by atoms with Crippen LogP contribution >= 0.6 is 11.6 Å². The Hall–Kier alpha value is -1.22. The number of anilines is 1. The van der Waals surface area contributed by atoms with E-state index in [4.69, 9.17) is 17.3 Å². The number of hydrogen-bond acceptors (Lipinski definition) is 2. The molecule has 1 aromatic rings. The predicted octanol–water partition coefficient (Wildman–Crippen LogP) is 3.48. The molecule has 3 rings (SSSR count). The Labute approximate surface area is 124 Å². The summed E-state index contributed by atoms with van der Waals surface area (Å²) in [5, 5.41) is 3.52. The maximum Gasteiger partial charge on any atom is 0.255 e. The number of rotatable bonds is 3. The first-order valence-corrected chi connectivity index (χ1v) is 7.79. The molecule has 2 saturated carbocycles. The SMILES string of the molecule is CC(NC(=O)c1c(N)cccc1Cl)C1CC2CCC1C2. The molecule has 0 heterocycles. The first kappa shape index (κ1) is 13.7. The minimum Gasteiger partial charge on any atom is -0.398 e. The van der Waals surface area contributed by atoms with E-state index in [1.807, 2.05) is 0 Å². The smallest absolute Gasteiger partial charge is 0.255 e. The number of carbonyl (C=O) groups excluding carboxylic acids is 1. The van der Waals surface area contributed by atoms with Gasteiger partial charge in [0.2, 0.25) is 0 Å². The predicted molar refractivity (Wildman–Crippen MR) is 81.7 cm³/mol. The molecule has 2 fully saturated rings. The summed E-state index contributed by atoms with van der Waals surface area (Å²) >= 11 is 6.09.